The Labute approximate surface area is 76.2 Å². The van der Waals surface area contributed by atoms with Gasteiger partial charge in [-0.15, -0.1) is 0 Å². The fraction of sp³-hybridized carbons (Fsp3) is 0.500. The number of imidazole rings is 1. The Morgan fingerprint density at radius 1 is 1.85 bits per heavy atom. The molecule has 1 aromatic heterocycles. The van der Waals surface area contributed by atoms with E-state index in [-0.39, 0.29) is 0 Å². The van der Waals surface area contributed by atoms with Gasteiger partial charge < -0.3 is 10.1 Å². The number of carboxylic acid groups (broad SMARTS) is 1. The molecule has 0 amide bonds. The maximum absolute atomic E-state index is 10.6. The number of aliphatic carboxylic acids is 1. The number of H-pyrrole nitrogens is 1. The lowest BCUT2D eigenvalue weighted by molar-refractivity contribution is -0.139. The number of hydrogen-bond acceptors (Lipinski definition) is 3. The third-order valence-electron chi connectivity index (χ3n) is 1.78. The van der Waals surface area contributed by atoms with E-state index in [2.05, 4.69) is 15.3 Å². The van der Waals surface area contributed by atoms with Gasteiger partial charge in [-0.05, 0) is 6.42 Å². The molecule has 1 rings (SSSR count). The van der Waals surface area contributed by atoms with Crippen LogP contribution in [0.1, 0.15) is 19.2 Å². The molecule has 1 atom stereocenters. The molecule has 5 heteroatoms. The summed E-state index contributed by atoms with van der Waals surface area (Å²) in [5, 5.41) is 11.6. The molecule has 3 N–H and O–H groups in total. The summed E-state index contributed by atoms with van der Waals surface area (Å²) < 4.78 is 0. The highest BCUT2D eigenvalue weighted by atomic mass is 16.4. The van der Waals surface area contributed by atoms with Gasteiger partial charge in [0.2, 0.25) is 0 Å². The predicted octanol–water partition coefficient (Wildman–Crippen LogP) is 0.362. The van der Waals surface area contributed by atoms with Gasteiger partial charge in [0.25, 0.3) is 0 Å². The van der Waals surface area contributed by atoms with E-state index in [1.165, 1.54) is 0 Å². The quantitative estimate of drug-likeness (QED) is 0.616. The Morgan fingerprint density at radius 2 is 2.62 bits per heavy atom. The first-order valence-corrected chi connectivity index (χ1v) is 4.18. The second-order valence-electron chi connectivity index (χ2n) is 2.72. The average Bonchev–Trinajstić information content (AvgIpc) is 2.57. The first kappa shape index (κ1) is 9.73. The number of carboxylic acids is 1. The molecule has 0 spiro atoms. The minimum Gasteiger partial charge on any atom is -0.480 e. The first-order valence-electron chi connectivity index (χ1n) is 4.18. The molecular weight excluding hydrogens is 170 g/mol. The zero-order valence-electron chi connectivity index (χ0n) is 7.45. The Balaban J connectivity index is 2.36. The molecule has 0 bridgehead atoms. The molecular formula is C8H13N3O2. The van der Waals surface area contributed by atoms with Crippen LogP contribution in [0.25, 0.3) is 0 Å². The summed E-state index contributed by atoms with van der Waals surface area (Å²) in [5.74, 6) is -0.0752. The molecule has 1 heterocycles. The predicted molar refractivity (Wildman–Crippen MR) is 47.1 cm³/mol. The molecule has 0 saturated heterocycles. The van der Waals surface area contributed by atoms with E-state index in [9.17, 15) is 4.79 Å². The summed E-state index contributed by atoms with van der Waals surface area (Å²) >= 11 is 0. The fourth-order valence-corrected chi connectivity index (χ4v) is 1.02. The number of carbonyl (C=O) groups is 1. The van der Waals surface area contributed by atoms with Crippen LogP contribution in [-0.4, -0.2) is 27.1 Å². The van der Waals surface area contributed by atoms with Crippen LogP contribution < -0.4 is 5.32 Å². The second kappa shape index (κ2) is 4.61. The summed E-state index contributed by atoms with van der Waals surface area (Å²) in [6.45, 7) is 2.28. The average molecular weight is 183 g/mol. The fourth-order valence-electron chi connectivity index (χ4n) is 1.02. The number of aromatic amines is 1. The topological polar surface area (TPSA) is 78.0 Å². The Bertz CT molecular complexity index is 258. The van der Waals surface area contributed by atoms with Gasteiger partial charge in [-0.2, -0.15) is 0 Å². The summed E-state index contributed by atoms with van der Waals surface area (Å²) in [6, 6.07) is -0.495. The van der Waals surface area contributed by atoms with Crippen molar-refractivity contribution in [1.82, 2.24) is 15.3 Å². The molecule has 13 heavy (non-hydrogen) atoms. The van der Waals surface area contributed by atoms with Crippen LogP contribution in [0.2, 0.25) is 0 Å². The number of rotatable bonds is 5. The summed E-state index contributed by atoms with van der Waals surface area (Å²) in [5.41, 5.74) is 0. The number of aromatic nitrogens is 2. The maximum atomic E-state index is 10.6. The standard InChI is InChI=1S/C8H13N3O2/c1-2-6(8(12)13)11-5-7-9-3-4-10-7/h3-4,6,11H,2,5H2,1H3,(H,9,10)(H,12,13). The van der Waals surface area contributed by atoms with Crippen molar-refractivity contribution in [3.05, 3.63) is 18.2 Å². The van der Waals surface area contributed by atoms with Crippen LogP contribution in [0.5, 0.6) is 0 Å². The smallest absolute Gasteiger partial charge is 0.320 e. The highest BCUT2D eigenvalue weighted by Crippen LogP contribution is 1.93. The highest BCUT2D eigenvalue weighted by Gasteiger charge is 2.13. The molecule has 0 fully saturated rings. The molecule has 0 aliphatic rings. The lowest BCUT2D eigenvalue weighted by Gasteiger charge is -2.10. The largest absolute Gasteiger partial charge is 0.480 e. The molecule has 1 aromatic rings. The zero-order chi connectivity index (χ0) is 9.68. The van der Waals surface area contributed by atoms with E-state index in [4.69, 9.17) is 5.11 Å². The van der Waals surface area contributed by atoms with Gasteiger partial charge in [-0.25, -0.2) is 4.98 Å². The van der Waals surface area contributed by atoms with Crippen molar-refractivity contribution in [2.24, 2.45) is 0 Å². The third-order valence-corrected chi connectivity index (χ3v) is 1.78. The van der Waals surface area contributed by atoms with Crippen LogP contribution in [0.3, 0.4) is 0 Å². The van der Waals surface area contributed by atoms with E-state index in [0.29, 0.717) is 13.0 Å². The van der Waals surface area contributed by atoms with E-state index in [0.717, 1.165) is 5.82 Å². The van der Waals surface area contributed by atoms with Crippen molar-refractivity contribution in [2.75, 3.05) is 0 Å². The van der Waals surface area contributed by atoms with E-state index in [1.54, 1.807) is 12.4 Å². The summed E-state index contributed by atoms with van der Waals surface area (Å²) in [4.78, 5) is 17.5. The Kier molecular flexibility index (Phi) is 3.45. The van der Waals surface area contributed by atoms with Crippen LogP contribution >= 0.6 is 0 Å². The second-order valence-corrected chi connectivity index (χ2v) is 2.72. The molecule has 0 aliphatic heterocycles. The molecule has 0 aromatic carbocycles. The number of hydrogen-bond donors (Lipinski definition) is 3. The van der Waals surface area contributed by atoms with Crippen molar-refractivity contribution < 1.29 is 9.90 Å². The third kappa shape index (κ3) is 2.87. The van der Waals surface area contributed by atoms with Gasteiger partial charge in [0.05, 0.1) is 6.54 Å². The Morgan fingerprint density at radius 3 is 3.08 bits per heavy atom. The summed E-state index contributed by atoms with van der Waals surface area (Å²) in [7, 11) is 0. The Hall–Kier alpha value is -1.36. The lowest BCUT2D eigenvalue weighted by Crippen LogP contribution is -2.35. The molecule has 0 saturated carbocycles. The van der Waals surface area contributed by atoms with Gasteiger partial charge in [-0.3, -0.25) is 10.1 Å². The zero-order valence-corrected chi connectivity index (χ0v) is 7.45. The van der Waals surface area contributed by atoms with Crippen molar-refractivity contribution in [3.8, 4) is 0 Å². The normalized spacial score (nSPS) is 12.7. The lowest BCUT2D eigenvalue weighted by atomic mass is 10.2. The van der Waals surface area contributed by atoms with E-state index >= 15 is 0 Å². The number of nitrogens with zero attached hydrogens (tertiary/aromatic N) is 1. The van der Waals surface area contributed by atoms with Crippen LogP contribution in [-0.2, 0) is 11.3 Å². The SMILES string of the molecule is CCC(NCc1ncc[nH]1)C(=O)O. The molecule has 1 unspecified atom stereocenters. The van der Waals surface area contributed by atoms with E-state index < -0.39 is 12.0 Å². The van der Waals surface area contributed by atoms with Crippen LogP contribution in [0.4, 0.5) is 0 Å². The molecule has 0 radical (unpaired) electrons. The van der Waals surface area contributed by atoms with Gasteiger partial charge in [0.1, 0.15) is 11.9 Å². The highest BCUT2D eigenvalue weighted by molar-refractivity contribution is 5.73. The first-order chi connectivity index (χ1) is 6.24. The van der Waals surface area contributed by atoms with Crippen LogP contribution in [0.15, 0.2) is 12.4 Å². The minimum atomic E-state index is -0.825. The van der Waals surface area contributed by atoms with Crippen LogP contribution in [0, 0.1) is 0 Å². The summed E-state index contributed by atoms with van der Waals surface area (Å²) in [6.07, 6.45) is 3.91. The maximum Gasteiger partial charge on any atom is 0.320 e. The number of nitrogens with one attached hydrogen (secondary N) is 2. The van der Waals surface area contributed by atoms with Crippen molar-refractivity contribution in [1.29, 1.82) is 0 Å². The van der Waals surface area contributed by atoms with Crippen molar-refractivity contribution in [3.63, 3.8) is 0 Å². The van der Waals surface area contributed by atoms with Crippen molar-refractivity contribution >= 4 is 5.97 Å². The minimum absolute atomic E-state index is 0.456. The van der Waals surface area contributed by atoms with Gasteiger partial charge in [0, 0.05) is 12.4 Å². The van der Waals surface area contributed by atoms with Gasteiger partial charge in [0.15, 0.2) is 0 Å². The van der Waals surface area contributed by atoms with Gasteiger partial charge >= 0.3 is 5.97 Å². The monoisotopic (exact) mass is 183 g/mol. The molecule has 5 nitrogen and oxygen atoms in total. The molecule has 0 aliphatic carbocycles. The van der Waals surface area contributed by atoms with E-state index in [1.807, 2.05) is 6.92 Å². The van der Waals surface area contributed by atoms with Gasteiger partial charge in [-0.1, -0.05) is 6.92 Å². The van der Waals surface area contributed by atoms with Crippen molar-refractivity contribution in [2.45, 2.75) is 25.9 Å². The molecule has 72 valence electrons.